The maximum Gasteiger partial charge on any atom is 0.339 e. The summed E-state index contributed by atoms with van der Waals surface area (Å²) in [7, 11) is 1.62. The zero-order valence-corrected chi connectivity index (χ0v) is 12.5. The average Bonchev–Trinajstić information content (AvgIpc) is 2.46. The van der Waals surface area contributed by atoms with Crippen molar-refractivity contribution in [2.24, 2.45) is 0 Å². The smallest absolute Gasteiger partial charge is 0.339 e. The topological polar surface area (TPSA) is 72.3 Å². The molecule has 0 radical (unpaired) electrons. The summed E-state index contributed by atoms with van der Waals surface area (Å²) in [5.74, 6) is 0.327. The Balaban J connectivity index is 2.52. The molecule has 0 spiro atoms. The predicted molar refractivity (Wildman–Crippen MR) is 79.8 cm³/mol. The molecule has 2 aromatic rings. The van der Waals surface area contributed by atoms with Crippen molar-refractivity contribution >= 4 is 5.97 Å². The van der Waals surface area contributed by atoms with Gasteiger partial charge in [-0.25, -0.2) is 14.8 Å². The molecule has 0 aliphatic rings. The first-order chi connectivity index (χ1) is 9.93. The number of carbonyl (C=O) groups is 1. The molecule has 0 saturated heterocycles. The summed E-state index contributed by atoms with van der Waals surface area (Å²) in [4.78, 5) is 19.8. The van der Waals surface area contributed by atoms with Gasteiger partial charge in [-0.1, -0.05) is 13.8 Å². The van der Waals surface area contributed by atoms with Crippen LogP contribution in [0.25, 0.3) is 11.4 Å². The van der Waals surface area contributed by atoms with Gasteiger partial charge in [0.05, 0.1) is 18.4 Å². The van der Waals surface area contributed by atoms with Crippen molar-refractivity contribution in [3.8, 4) is 17.1 Å². The lowest BCUT2D eigenvalue weighted by atomic mass is 10.0. The Hall–Kier alpha value is -2.43. The molecule has 0 atom stereocenters. The van der Waals surface area contributed by atoms with Crippen LogP contribution in [0.4, 0.5) is 0 Å². The van der Waals surface area contributed by atoms with Crippen LogP contribution < -0.4 is 4.74 Å². The van der Waals surface area contributed by atoms with Gasteiger partial charge in [-0.3, -0.25) is 0 Å². The molecular formula is C16H18N2O3. The largest absolute Gasteiger partial charge is 0.496 e. The monoisotopic (exact) mass is 286 g/mol. The van der Waals surface area contributed by atoms with E-state index in [1.165, 1.54) is 6.20 Å². The molecule has 21 heavy (non-hydrogen) atoms. The lowest BCUT2D eigenvalue weighted by molar-refractivity contribution is 0.0694. The van der Waals surface area contributed by atoms with Crippen LogP contribution in [0.2, 0.25) is 0 Å². The van der Waals surface area contributed by atoms with Crippen LogP contribution in [0.5, 0.6) is 5.75 Å². The third-order valence-electron chi connectivity index (χ3n) is 3.25. The molecule has 110 valence electrons. The summed E-state index contributed by atoms with van der Waals surface area (Å²) in [5.41, 5.74) is 2.51. The molecule has 0 bridgehead atoms. The summed E-state index contributed by atoms with van der Waals surface area (Å²) in [6.07, 6.45) is 1.37. The van der Waals surface area contributed by atoms with E-state index in [9.17, 15) is 9.90 Å². The van der Waals surface area contributed by atoms with Gasteiger partial charge in [0.15, 0.2) is 5.82 Å². The minimum absolute atomic E-state index is 0.0113. The number of rotatable bonds is 4. The van der Waals surface area contributed by atoms with E-state index in [4.69, 9.17) is 4.74 Å². The fourth-order valence-corrected chi connectivity index (χ4v) is 2.16. The third kappa shape index (κ3) is 3.02. The molecule has 5 nitrogen and oxygen atoms in total. The van der Waals surface area contributed by atoms with Crippen LogP contribution >= 0.6 is 0 Å². The number of hydrogen-bond acceptors (Lipinski definition) is 4. The number of carboxylic acid groups (broad SMARTS) is 1. The third-order valence-corrected chi connectivity index (χ3v) is 3.25. The van der Waals surface area contributed by atoms with E-state index >= 15 is 0 Å². The molecule has 2 rings (SSSR count). The van der Waals surface area contributed by atoms with Crippen LogP contribution in [0.1, 0.15) is 41.4 Å². The van der Waals surface area contributed by atoms with E-state index in [1.54, 1.807) is 7.11 Å². The first-order valence-electron chi connectivity index (χ1n) is 6.69. The summed E-state index contributed by atoms with van der Waals surface area (Å²) in [6, 6.07) is 5.65. The fraction of sp³-hybridized carbons (Fsp3) is 0.312. The maximum absolute atomic E-state index is 11.2. The van der Waals surface area contributed by atoms with Gasteiger partial charge in [-0.2, -0.15) is 0 Å². The van der Waals surface area contributed by atoms with Crippen molar-refractivity contribution in [1.82, 2.24) is 9.97 Å². The molecule has 0 aliphatic heterocycles. The second-order valence-electron chi connectivity index (χ2n) is 5.14. The molecule has 0 unspecified atom stereocenters. The van der Waals surface area contributed by atoms with Gasteiger partial charge in [0, 0.05) is 11.8 Å². The van der Waals surface area contributed by atoms with Gasteiger partial charge < -0.3 is 9.84 Å². The molecule has 1 heterocycles. The minimum Gasteiger partial charge on any atom is -0.496 e. The Labute approximate surface area is 123 Å². The van der Waals surface area contributed by atoms with Crippen molar-refractivity contribution in [1.29, 1.82) is 0 Å². The number of aryl methyl sites for hydroxylation is 1. The van der Waals surface area contributed by atoms with Gasteiger partial charge in [0.1, 0.15) is 5.75 Å². The molecule has 1 N–H and O–H groups in total. The first-order valence-corrected chi connectivity index (χ1v) is 6.69. The normalized spacial score (nSPS) is 10.7. The van der Waals surface area contributed by atoms with Crippen molar-refractivity contribution in [2.75, 3.05) is 7.11 Å². The number of methoxy groups -OCH3 is 1. The van der Waals surface area contributed by atoms with Crippen LogP contribution in [0, 0.1) is 6.92 Å². The van der Waals surface area contributed by atoms with Crippen LogP contribution in [0.15, 0.2) is 24.4 Å². The maximum atomic E-state index is 11.2. The SMILES string of the molecule is COc1ccc(-c2ncc(C(=O)O)c(C(C)C)n2)cc1C. The molecule has 5 heteroatoms. The second-order valence-corrected chi connectivity index (χ2v) is 5.14. The van der Waals surface area contributed by atoms with Gasteiger partial charge in [0.2, 0.25) is 0 Å². The average molecular weight is 286 g/mol. The van der Waals surface area contributed by atoms with Crippen molar-refractivity contribution in [2.45, 2.75) is 26.7 Å². The van der Waals surface area contributed by atoms with Gasteiger partial charge in [-0.15, -0.1) is 0 Å². The molecule has 0 amide bonds. The minimum atomic E-state index is -1.00. The van der Waals surface area contributed by atoms with Crippen LogP contribution in [-0.4, -0.2) is 28.2 Å². The molecular weight excluding hydrogens is 268 g/mol. The number of nitrogens with zero attached hydrogens (tertiary/aromatic N) is 2. The van der Waals surface area contributed by atoms with Gasteiger partial charge >= 0.3 is 5.97 Å². The number of aromatic nitrogens is 2. The van der Waals surface area contributed by atoms with Crippen LogP contribution in [-0.2, 0) is 0 Å². The van der Waals surface area contributed by atoms with Gasteiger partial charge in [0.25, 0.3) is 0 Å². The van der Waals surface area contributed by atoms with E-state index in [2.05, 4.69) is 9.97 Å². The van der Waals surface area contributed by atoms with Crippen molar-refractivity contribution in [3.05, 3.63) is 41.2 Å². The lowest BCUT2D eigenvalue weighted by Gasteiger charge is -2.11. The number of benzene rings is 1. The highest BCUT2D eigenvalue weighted by atomic mass is 16.5. The van der Waals surface area contributed by atoms with Crippen molar-refractivity contribution in [3.63, 3.8) is 0 Å². The Morgan fingerprint density at radius 1 is 1.33 bits per heavy atom. The second kappa shape index (κ2) is 5.91. The Morgan fingerprint density at radius 3 is 2.57 bits per heavy atom. The molecule has 0 saturated carbocycles. The van der Waals surface area contributed by atoms with E-state index in [-0.39, 0.29) is 11.5 Å². The lowest BCUT2D eigenvalue weighted by Crippen LogP contribution is -2.08. The quantitative estimate of drug-likeness (QED) is 0.933. The van der Waals surface area contributed by atoms with Gasteiger partial charge in [-0.05, 0) is 36.6 Å². The fourth-order valence-electron chi connectivity index (χ4n) is 2.16. The summed E-state index contributed by atoms with van der Waals surface area (Å²) >= 11 is 0. The number of carboxylic acids is 1. The number of aromatic carboxylic acids is 1. The summed E-state index contributed by atoms with van der Waals surface area (Å²) in [5, 5.41) is 9.19. The van der Waals surface area contributed by atoms with E-state index < -0.39 is 5.97 Å². The molecule has 1 aromatic heterocycles. The molecule has 0 fully saturated rings. The number of ether oxygens (including phenoxy) is 1. The summed E-state index contributed by atoms with van der Waals surface area (Å²) in [6.45, 7) is 5.77. The number of hydrogen-bond donors (Lipinski definition) is 1. The molecule has 0 aliphatic carbocycles. The van der Waals surface area contributed by atoms with Crippen LogP contribution in [0.3, 0.4) is 0 Å². The van der Waals surface area contributed by atoms with E-state index in [1.807, 2.05) is 39.0 Å². The Bertz CT molecular complexity index is 681. The van der Waals surface area contributed by atoms with Crippen molar-refractivity contribution < 1.29 is 14.6 Å². The molecule has 1 aromatic carbocycles. The van der Waals surface area contributed by atoms with E-state index in [0.29, 0.717) is 11.5 Å². The first kappa shape index (κ1) is 15.0. The summed E-state index contributed by atoms with van der Waals surface area (Å²) < 4.78 is 5.23. The Morgan fingerprint density at radius 2 is 2.05 bits per heavy atom. The van der Waals surface area contributed by atoms with E-state index in [0.717, 1.165) is 16.9 Å². The highest BCUT2D eigenvalue weighted by molar-refractivity contribution is 5.89. The highest BCUT2D eigenvalue weighted by Gasteiger charge is 2.17. The zero-order valence-electron chi connectivity index (χ0n) is 12.5. The Kier molecular flexibility index (Phi) is 4.21. The zero-order chi connectivity index (χ0) is 15.6. The highest BCUT2D eigenvalue weighted by Crippen LogP contribution is 2.26. The standard InChI is InChI=1S/C16H18N2O3/c1-9(2)14-12(16(19)20)8-17-15(18-14)11-5-6-13(21-4)10(3)7-11/h5-9H,1-4H3,(H,19,20). The predicted octanol–water partition coefficient (Wildman–Crippen LogP) is 3.28.